The van der Waals surface area contributed by atoms with E-state index in [0.717, 1.165) is 13.1 Å². The molecule has 70 valence electrons. The average molecular weight is 170 g/mol. The number of hydrogen-bond donors (Lipinski definition) is 1. The van der Waals surface area contributed by atoms with Crippen molar-refractivity contribution in [1.82, 2.24) is 10.2 Å². The zero-order valence-corrected chi connectivity index (χ0v) is 8.35. The highest BCUT2D eigenvalue weighted by molar-refractivity contribution is 5.83. The van der Waals surface area contributed by atoms with E-state index in [-0.39, 0.29) is 17.4 Å². The smallest absolute Gasteiger partial charge is 0.228 e. The second-order valence-electron chi connectivity index (χ2n) is 4.36. The van der Waals surface area contributed by atoms with Crippen LogP contribution in [0.25, 0.3) is 0 Å². The maximum atomic E-state index is 11.6. The molecule has 0 unspecified atom stereocenters. The van der Waals surface area contributed by atoms with Crippen molar-refractivity contribution in [3.63, 3.8) is 0 Å². The Morgan fingerprint density at radius 2 is 2.00 bits per heavy atom. The lowest BCUT2D eigenvalue weighted by Gasteiger charge is -2.44. The molecule has 0 aromatic heterocycles. The molecule has 0 spiro atoms. The lowest BCUT2D eigenvalue weighted by Crippen LogP contribution is -2.60. The van der Waals surface area contributed by atoms with Gasteiger partial charge in [-0.3, -0.25) is 4.79 Å². The number of nitrogens with zero attached hydrogens (tertiary/aromatic N) is 1. The minimum atomic E-state index is -0.140. The quantitative estimate of drug-likeness (QED) is 0.653. The van der Waals surface area contributed by atoms with Crippen LogP contribution in [-0.2, 0) is 4.79 Å². The van der Waals surface area contributed by atoms with E-state index in [1.807, 2.05) is 27.8 Å². The molecule has 1 saturated heterocycles. The van der Waals surface area contributed by atoms with Gasteiger partial charge in [0.15, 0.2) is 0 Å². The fraction of sp³-hybridized carbons (Fsp3) is 0.889. The van der Waals surface area contributed by atoms with Gasteiger partial charge in [-0.05, 0) is 27.8 Å². The van der Waals surface area contributed by atoms with Crippen LogP contribution in [0.1, 0.15) is 20.8 Å². The molecule has 3 heteroatoms. The van der Waals surface area contributed by atoms with E-state index in [0.29, 0.717) is 0 Å². The van der Waals surface area contributed by atoms with Crippen LogP contribution in [0.5, 0.6) is 0 Å². The molecular formula is C9H18N2O. The van der Waals surface area contributed by atoms with Gasteiger partial charge in [0.05, 0.1) is 5.41 Å². The van der Waals surface area contributed by atoms with Crippen molar-refractivity contribution in [3.8, 4) is 0 Å². The van der Waals surface area contributed by atoms with Gasteiger partial charge in [-0.1, -0.05) is 0 Å². The Balaban J connectivity index is 2.42. The zero-order valence-electron chi connectivity index (χ0n) is 8.35. The lowest BCUT2D eigenvalue weighted by atomic mass is 9.81. The monoisotopic (exact) mass is 170 g/mol. The summed E-state index contributed by atoms with van der Waals surface area (Å²) in [6, 6.07) is 0.250. The predicted octanol–water partition coefficient (Wildman–Crippen LogP) is 0.463. The molecule has 3 nitrogen and oxygen atoms in total. The van der Waals surface area contributed by atoms with Crippen LogP contribution in [0.2, 0.25) is 0 Å². The molecule has 0 aromatic carbocycles. The van der Waals surface area contributed by atoms with E-state index in [2.05, 4.69) is 10.2 Å². The van der Waals surface area contributed by atoms with Crippen LogP contribution in [0, 0.1) is 5.41 Å². The standard InChI is InChI=1S/C9H18N2O/c1-7(2)10-8(12)9(3)5-11(4)6-9/h7H,5-6H2,1-4H3,(H,10,12). The third-order valence-electron chi connectivity index (χ3n) is 2.21. The van der Waals surface area contributed by atoms with Gasteiger partial charge in [0.25, 0.3) is 0 Å². The van der Waals surface area contributed by atoms with Gasteiger partial charge in [0.1, 0.15) is 0 Å². The van der Waals surface area contributed by atoms with Gasteiger partial charge >= 0.3 is 0 Å². The molecule has 1 aliphatic heterocycles. The molecule has 1 heterocycles. The van der Waals surface area contributed by atoms with Crippen molar-refractivity contribution in [1.29, 1.82) is 0 Å². The minimum absolute atomic E-state index is 0.140. The minimum Gasteiger partial charge on any atom is -0.353 e. The molecule has 1 fully saturated rings. The van der Waals surface area contributed by atoms with Crippen LogP contribution < -0.4 is 5.32 Å². The first kappa shape index (κ1) is 9.52. The van der Waals surface area contributed by atoms with E-state index < -0.39 is 0 Å². The van der Waals surface area contributed by atoms with Gasteiger partial charge in [0.2, 0.25) is 5.91 Å². The van der Waals surface area contributed by atoms with Crippen LogP contribution in [0.4, 0.5) is 0 Å². The summed E-state index contributed by atoms with van der Waals surface area (Å²) in [5.41, 5.74) is -0.140. The average Bonchev–Trinajstić information content (AvgIpc) is 1.82. The molecule has 12 heavy (non-hydrogen) atoms. The van der Waals surface area contributed by atoms with Crippen molar-refractivity contribution in [3.05, 3.63) is 0 Å². The van der Waals surface area contributed by atoms with Gasteiger partial charge in [-0.2, -0.15) is 0 Å². The highest BCUT2D eigenvalue weighted by Gasteiger charge is 2.43. The molecule has 0 atom stereocenters. The zero-order chi connectivity index (χ0) is 9.35. The normalized spacial score (nSPS) is 22.1. The Kier molecular flexibility index (Phi) is 2.42. The predicted molar refractivity (Wildman–Crippen MR) is 48.9 cm³/mol. The maximum absolute atomic E-state index is 11.6. The first-order valence-electron chi connectivity index (χ1n) is 4.43. The van der Waals surface area contributed by atoms with E-state index in [1.54, 1.807) is 0 Å². The second-order valence-corrected chi connectivity index (χ2v) is 4.36. The third-order valence-corrected chi connectivity index (χ3v) is 2.21. The van der Waals surface area contributed by atoms with E-state index >= 15 is 0 Å². The summed E-state index contributed by atoms with van der Waals surface area (Å²) >= 11 is 0. The summed E-state index contributed by atoms with van der Waals surface area (Å²) in [7, 11) is 2.03. The van der Waals surface area contributed by atoms with Crippen LogP contribution in [-0.4, -0.2) is 37.0 Å². The summed E-state index contributed by atoms with van der Waals surface area (Å²) in [6.45, 7) is 7.76. The largest absolute Gasteiger partial charge is 0.353 e. The van der Waals surface area contributed by atoms with E-state index in [1.165, 1.54) is 0 Å². The highest BCUT2D eigenvalue weighted by Crippen LogP contribution is 2.28. The molecule has 1 rings (SSSR count). The summed E-state index contributed by atoms with van der Waals surface area (Å²) in [5, 5.41) is 2.94. The molecule has 0 saturated carbocycles. The number of hydrogen-bond acceptors (Lipinski definition) is 2. The SMILES string of the molecule is CC(C)NC(=O)C1(C)CN(C)C1. The van der Waals surface area contributed by atoms with Crippen molar-refractivity contribution in [2.24, 2.45) is 5.41 Å². The Bertz CT molecular complexity index is 183. The fourth-order valence-corrected chi connectivity index (χ4v) is 1.73. The fourth-order valence-electron chi connectivity index (χ4n) is 1.73. The number of nitrogens with one attached hydrogen (secondary N) is 1. The number of rotatable bonds is 2. The Labute approximate surface area is 74.1 Å². The van der Waals surface area contributed by atoms with Gasteiger partial charge in [0, 0.05) is 19.1 Å². The molecular weight excluding hydrogens is 152 g/mol. The molecule has 0 bridgehead atoms. The number of carbonyl (C=O) groups is 1. The first-order valence-corrected chi connectivity index (χ1v) is 4.43. The summed E-state index contributed by atoms with van der Waals surface area (Å²) in [6.07, 6.45) is 0. The molecule has 0 aromatic rings. The topological polar surface area (TPSA) is 32.3 Å². The lowest BCUT2D eigenvalue weighted by molar-refractivity contribution is -0.139. The Morgan fingerprint density at radius 3 is 2.33 bits per heavy atom. The number of carbonyl (C=O) groups excluding carboxylic acids is 1. The summed E-state index contributed by atoms with van der Waals surface area (Å²) in [4.78, 5) is 13.7. The van der Waals surface area contributed by atoms with Crippen molar-refractivity contribution in [2.45, 2.75) is 26.8 Å². The Morgan fingerprint density at radius 1 is 1.50 bits per heavy atom. The second kappa shape index (κ2) is 3.05. The number of likely N-dealkylation sites (tertiary alicyclic amines) is 1. The van der Waals surface area contributed by atoms with Crippen molar-refractivity contribution >= 4 is 5.91 Å². The molecule has 0 aliphatic carbocycles. The van der Waals surface area contributed by atoms with Crippen LogP contribution in [0.3, 0.4) is 0 Å². The van der Waals surface area contributed by atoms with Crippen LogP contribution in [0.15, 0.2) is 0 Å². The Hall–Kier alpha value is -0.570. The van der Waals surface area contributed by atoms with E-state index in [9.17, 15) is 4.79 Å². The van der Waals surface area contributed by atoms with Crippen molar-refractivity contribution < 1.29 is 4.79 Å². The third kappa shape index (κ3) is 1.78. The molecule has 1 amide bonds. The van der Waals surface area contributed by atoms with Gasteiger partial charge in [-0.25, -0.2) is 0 Å². The van der Waals surface area contributed by atoms with Crippen LogP contribution >= 0.6 is 0 Å². The molecule has 1 aliphatic rings. The summed E-state index contributed by atoms with van der Waals surface area (Å²) in [5.74, 6) is 0.190. The van der Waals surface area contributed by atoms with Crippen molar-refractivity contribution in [2.75, 3.05) is 20.1 Å². The maximum Gasteiger partial charge on any atom is 0.228 e. The first-order chi connectivity index (χ1) is 5.44. The van der Waals surface area contributed by atoms with Gasteiger partial charge in [-0.15, -0.1) is 0 Å². The molecule has 0 radical (unpaired) electrons. The number of amides is 1. The highest BCUT2D eigenvalue weighted by atomic mass is 16.2. The molecule has 1 N–H and O–H groups in total. The van der Waals surface area contributed by atoms with Gasteiger partial charge < -0.3 is 10.2 Å². The van der Waals surface area contributed by atoms with E-state index in [4.69, 9.17) is 0 Å². The summed E-state index contributed by atoms with van der Waals surface area (Å²) < 4.78 is 0.